The SMILES string of the molecule is COc1cccc2[nH]cc(C(CC(=O)O)c3ccncc3)c12. The molecule has 1 aromatic carbocycles. The molecule has 0 aliphatic heterocycles. The van der Waals surface area contributed by atoms with Gasteiger partial charge < -0.3 is 14.8 Å². The van der Waals surface area contributed by atoms with Gasteiger partial charge in [0.2, 0.25) is 0 Å². The molecule has 5 heteroatoms. The molecule has 0 radical (unpaired) electrons. The van der Waals surface area contributed by atoms with Crippen LogP contribution in [0.3, 0.4) is 0 Å². The van der Waals surface area contributed by atoms with Crippen molar-refractivity contribution in [3.05, 3.63) is 60.0 Å². The highest BCUT2D eigenvalue weighted by Crippen LogP contribution is 2.37. The fourth-order valence-corrected chi connectivity index (χ4v) is 2.80. The first kappa shape index (κ1) is 14.1. The standard InChI is InChI=1S/C17H16N2O3/c1-22-15-4-2-3-14-17(15)13(10-19-14)12(9-16(20)21)11-5-7-18-8-6-11/h2-8,10,12,19H,9H2,1H3,(H,20,21). The first-order valence-corrected chi connectivity index (χ1v) is 6.96. The van der Waals surface area contributed by atoms with Crippen LogP contribution in [0.4, 0.5) is 0 Å². The third-order valence-corrected chi connectivity index (χ3v) is 3.78. The molecule has 22 heavy (non-hydrogen) atoms. The lowest BCUT2D eigenvalue weighted by atomic mass is 9.88. The quantitative estimate of drug-likeness (QED) is 0.758. The Balaban J connectivity index is 2.18. The van der Waals surface area contributed by atoms with Gasteiger partial charge in [0, 0.05) is 35.4 Å². The van der Waals surface area contributed by atoms with Crippen LogP contribution in [0.2, 0.25) is 0 Å². The summed E-state index contributed by atoms with van der Waals surface area (Å²) in [5, 5.41) is 10.2. The van der Waals surface area contributed by atoms with E-state index in [2.05, 4.69) is 9.97 Å². The second kappa shape index (κ2) is 5.89. The molecule has 0 amide bonds. The fourth-order valence-electron chi connectivity index (χ4n) is 2.80. The summed E-state index contributed by atoms with van der Waals surface area (Å²) in [6, 6.07) is 9.43. The third kappa shape index (κ3) is 2.53. The molecule has 3 rings (SSSR count). The Morgan fingerprint density at radius 1 is 1.32 bits per heavy atom. The van der Waals surface area contributed by atoms with Crippen LogP contribution in [0.1, 0.15) is 23.5 Å². The van der Waals surface area contributed by atoms with Crippen LogP contribution in [0, 0.1) is 0 Å². The number of carboxylic acid groups (broad SMARTS) is 1. The van der Waals surface area contributed by atoms with Crippen LogP contribution in [-0.4, -0.2) is 28.2 Å². The molecule has 0 spiro atoms. The molecule has 0 aliphatic carbocycles. The number of aromatic amines is 1. The van der Waals surface area contributed by atoms with Gasteiger partial charge in [0.25, 0.3) is 0 Å². The van der Waals surface area contributed by atoms with E-state index in [1.54, 1.807) is 19.5 Å². The minimum atomic E-state index is -0.842. The number of aliphatic carboxylic acids is 1. The number of ether oxygens (including phenoxy) is 1. The highest BCUT2D eigenvalue weighted by Gasteiger charge is 2.22. The van der Waals surface area contributed by atoms with Crippen LogP contribution in [0.5, 0.6) is 5.75 Å². The molecular formula is C17H16N2O3. The second-order valence-electron chi connectivity index (χ2n) is 5.06. The van der Waals surface area contributed by atoms with Crippen molar-refractivity contribution in [1.82, 2.24) is 9.97 Å². The van der Waals surface area contributed by atoms with Crippen molar-refractivity contribution in [2.75, 3.05) is 7.11 Å². The predicted octanol–water partition coefficient (Wildman–Crippen LogP) is 3.18. The van der Waals surface area contributed by atoms with Crippen LogP contribution in [-0.2, 0) is 4.79 Å². The van der Waals surface area contributed by atoms with E-state index in [1.807, 2.05) is 36.5 Å². The van der Waals surface area contributed by atoms with E-state index in [1.165, 1.54) is 0 Å². The van der Waals surface area contributed by atoms with E-state index < -0.39 is 5.97 Å². The molecule has 0 saturated heterocycles. The second-order valence-corrected chi connectivity index (χ2v) is 5.06. The Hall–Kier alpha value is -2.82. The van der Waals surface area contributed by atoms with Crippen molar-refractivity contribution < 1.29 is 14.6 Å². The summed E-state index contributed by atoms with van der Waals surface area (Å²) in [5.74, 6) is -0.366. The summed E-state index contributed by atoms with van der Waals surface area (Å²) < 4.78 is 5.44. The molecular weight excluding hydrogens is 280 g/mol. The molecule has 0 aliphatic rings. The molecule has 112 valence electrons. The number of hydrogen-bond acceptors (Lipinski definition) is 3. The maximum absolute atomic E-state index is 11.3. The number of carboxylic acids is 1. The van der Waals surface area contributed by atoms with Crippen molar-refractivity contribution in [1.29, 1.82) is 0 Å². The lowest BCUT2D eigenvalue weighted by molar-refractivity contribution is -0.137. The van der Waals surface area contributed by atoms with Crippen molar-refractivity contribution in [3.8, 4) is 5.75 Å². The first-order chi connectivity index (χ1) is 10.7. The highest BCUT2D eigenvalue weighted by atomic mass is 16.5. The highest BCUT2D eigenvalue weighted by molar-refractivity contribution is 5.90. The van der Waals surface area contributed by atoms with Crippen LogP contribution in [0.25, 0.3) is 10.9 Å². The largest absolute Gasteiger partial charge is 0.496 e. The van der Waals surface area contributed by atoms with Crippen LogP contribution >= 0.6 is 0 Å². The predicted molar refractivity (Wildman–Crippen MR) is 83.2 cm³/mol. The van der Waals surface area contributed by atoms with Gasteiger partial charge in [0.1, 0.15) is 5.75 Å². The molecule has 0 saturated carbocycles. The zero-order chi connectivity index (χ0) is 15.5. The zero-order valence-corrected chi connectivity index (χ0v) is 12.1. The van der Waals surface area contributed by atoms with Gasteiger partial charge in [-0.3, -0.25) is 9.78 Å². The Bertz CT molecular complexity index is 796. The van der Waals surface area contributed by atoms with E-state index in [-0.39, 0.29) is 12.3 Å². The van der Waals surface area contributed by atoms with Crippen molar-refractivity contribution in [2.45, 2.75) is 12.3 Å². The van der Waals surface area contributed by atoms with Crippen molar-refractivity contribution >= 4 is 16.9 Å². The maximum Gasteiger partial charge on any atom is 0.304 e. The maximum atomic E-state index is 11.3. The zero-order valence-electron chi connectivity index (χ0n) is 12.1. The number of fused-ring (bicyclic) bond motifs is 1. The Morgan fingerprint density at radius 3 is 2.77 bits per heavy atom. The van der Waals surface area contributed by atoms with Crippen LogP contribution < -0.4 is 4.74 Å². The average Bonchev–Trinajstić information content (AvgIpc) is 2.97. The van der Waals surface area contributed by atoms with Gasteiger partial charge in [-0.05, 0) is 35.4 Å². The number of nitrogens with one attached hydrogen (secondary N) is 1. The number of pyridine rings is 1. The fraction of sp³-hybridized carbons (Fsp3) is 0.176. The third-order valence-electron chi connectivity index (χ3n) is 3.78. The molecule has 5 nitrogen and oxygen atoms in total. The van der Waals surface area contributed by atoms with E-state index in [9.17, 15) is 9.90 Å². The first-order valence-electron chi connectivity index (χ1n) is 6.96. The minimum absolute atomic E-state index is 0.00894. The topological polar surface area (TPSA) is 75.2 Å². The number of aromatic nitrogens is 2. The summed E-state index contributed by atoms with van der Waals surface area (Å²) in [6.45, 7) is 0. The summed E-state index contributed by atoms with van der Waals surface area (Å²) >= 11 is 0. The number of rotatable bonds is 5. The number of H-pyrrole nitrogens is 1. The molecule has 0 bridgehead atoms. The van der Waals surface area contributed by atoms with Gasteiger partial charge in [-0.15, -0.1) is 0 Å². The molecule has 1 unspecified atom stereocenters. The summed E-state index contributed by atoms with van der Waals surface area (Å²) in [5.41, 5.74) is 2.77. The number of carbonyl (C=O) groups is 1. The van der Waals surface area contributed by atoms with Gasteiger partial charge in [0.15, 0.2) is 0 Å². The normalized spacial score (nSPS) is 12.2. The summed E-state index contributed by atoms with van der Waals surface area (Å²) in [6.07, 6.45) is 5.22. The number of benzene rings is 1. The molecule has 0 fully saturated rings. The smallest absolute Gasteiger partial charge is 0.304 e. The number of hydrogen-bond donors (Lipinski definition) is 2. The van der Waals surface area contributed by atoms with Gasteiger partial charge in [-0.1, -0.05) is 6.07 Å². The Morgan fingerprint density at radius 2 is 2.09 bits per heavy atom. The molecule has 3 aromatic rings. The average molecular weight is 296 g/mol. The minimum Gasteiger partial charge on any atom is -0.496 e. The number of nitrogens with zero attached hydrogens (tertiary/aromatic N) is 1. The van der Waals surface area contributed by atoms with E-state index >= 15 is 0 Å². The summed E-state index contributed by atoms with van der Waals surface area (Å²) in [4.78, 5) is 18.5. The van der Waals surface area contributed by atoms with Crippen LogP contribution in [0.15, 0.2) is 48.9 Å². The van der Waals surface area contributed by atoms with Gasteiger partial charge in [0.05, 0.1) is 13.5 Å². The molecule has 2 aromatic heterocycles. The van der Waals surface area contributed by atoms with Gasteiger partial charge in [-0.25, -0.2) is 0 Å². The lowest BCUT2D eigenvalue weighted by Crippen LogP contribution is -2.08. The van der Waals surface area contributed by atoms with E-state index in [0.717, 1.165) is 27.8 Å². The Kier molecular flexibility index (Phi) is 3.78. The molecule has 1 atom stereocenters. The van der Waals surface area contributed by atoms with E-state index in [0.29, 0.717) is 0 Å². The summed E-state index contributed by atoms with van der Waals surface area (Å²) in [7, 11) is 1.62. The molecule has 2 heterocycles. The monoisotopic (exact) mass is 296 g/mol. The van der Waals surface area contributed by atoms with Crippen molar-refractivity contribution in [2.24, 2.45) is 0 Å². The van der Waals surface area contributed by atoms with E-state index in [4.69, 9.17) is 4.74 Å². The van der Waals surface area contributed by atoms with Gasteiger partial charge >= 0.3 is 5.97 Å². The van der Waals surface area contributed by atoms with Gasteiger partial charge in [-0.2, -0.15) is 0 Å². The lowest BCUT2D eigenvalue weighted by Gasteiger charge is -2.15. The Labute approximate surface area is 127 Å². The molecule has 2 N–H and O–H groups in total. The van der Waals surface area contributed by atoms with Crippen molar-refractivity contribution in [3.63, 3.8) is 0 Å². The number of methoxy groups -OCH3 is 1.